The van der Waals surface area contributed by atoms with E-state index in [0.717, 1.165) is 11.3 Å². The van der Waals surface area contributed by atoms with Crippen molar-refractivity contribution in [2.24, 2.45) is 0 Å². The van der Waals surface area contributed by atoms with Crippen molar-refractivity contribution in [2.45, 2.75) is 31.3 Å². The molecule has 10 heteroatoms. The fourth-order valence-electron chi connectivity index (χ4n) is 1.91. The predicted octanol–water partition coefficient (Wildman–Crippen LogP) is 1.46. The molecule has 0 unspecified atom stereocenters. The number of thiazole rings is 1. The summed E-state index contributed by atoms with van der Waals surface area (Å²) in [5, 5.41) is 13.3. The van der Waals surface area contributed by atoms with E-state index < -0.39 is 21.9 Å². The Kier molecular flexibility index (Phi) is 5.88. The number of carbonyl (C=O) groups excluding carboxylic acids is 1. The zero-order valence-corrected chi connectivity index (χ0v) is 15.1. The third kappa shape index (κ3) is 5.08. The van der Waals surface area contributed by atoms with Gasteiger partial charge in [-0.3, -0.25) is 4.79 Å². The SMILES string of the molecule is CC(C)NS(=O)(=O)c1ccc(C(=O)NCc2nc(C(=O)O)cs2)cc1. The van der Waals surface area contributed by atoms with Crippen LogP contribution in [0.15, 0.2) is 34.5 Å². The third-order valence-corrected chi connectivity index (χ3v) is 5.51. The fraction of sp³-hybridized carbons (Fsp3) is 0.267. The molecule has 0 atom stereocenters. The molecule has 2 rings (SSSR count). The van der Waals surface area contributed by atoms with Gasteiger partial charge in [0, 0.05) is 17.0 Å². The minimum atomic E-state index is -3.61. The normalized spacial score (nSPS) is 11.5. The van der Waals surface area contributed by atoms with E-state index in [4.69, 9.17) is 5.11 Å². The van der Waals surface area contributed by atoms with Gasteiger partial charge in [-0.1, -0.05) is 0 Å². The third-order valence-electron chi connectivity index (χ3n) is 2.99. The Labute approximate surface area is 149 Å². The fourth-order valence-corrected chi connectivity index (χ4v) is 3.87. The lowest BCUT2D eigenvalue weighted by Gasteiger charge is -2.10. The summed E-state index contributed by atoms with van der Waals surface area (Å²) in [4.78, 5) is 26.8. The molecule has 8 nitrogen and oxygen atoms in total. The van der Waals surface area contributed by atoms with Crippen molar-refractivity contribution in [1.29, 1.82) is 0 Å². The van der Waals surface area contributed by atoms with Crippen molar-refractivity contribution in [3.63, 3.8) is 0 Å². The number of nitrogens with one attached hydrogen (secondary N) is 2. The molecule has 0 aliphatic rings. The molecule has 0 radical (unpaired) electrons. The Balaban J connectivity index is 2.01. The molecule has 1 amide bonds. The molecule has 0 saturated carbocycles. The van der Waals surface area contributed by atoms with E-state index >= 15 is 0 Å². The predicted molar refractivity (Wildman–Crippen MR) is 92.1 cm³/mol. The molecule has 25 heavy (non-hydrogen) atoms. The van der Waals surface area contributed by atoms with Crippen molar-refractivity contribution in [3.05, 3.63) is 45.9 Å². The molecule has 0 aliphatic heterocycles. The second-order valence-corrected chi connectivity index (χ2v) is 8.07. The smallest absolute Gasteiger partial charge is 0.355 e. The van der Waals surface area contributed by atoms with Gasteiger partial charge in [0.25, 0.3) is 5.91 Å². The van der Waals surface area contributed by atoms with Gasteiger partial charge in [0.2, 0.25) is 10.0 Å². The second-order valence-electron chi connectivity index (χ2n) is 5.41. The summed E-state index contributed by atoms with van der Waals surface area (Å²) in [6.45, 7) is 3.52. The molecule has 0 saturated heterocycles. The number of aromatic nitrogens is 1. The van der Waals surface area contributed by atoms with Crippen molar-refractivity contribution in [3.8, 4) is 0 Å². The van der Waals surface area contributed by atoms with E-state index in [-0.39, 0.29) is 23.2 Å². The monoisotopic (exact) mass is 383 g/mol. The number of aromatic carboxylic acids is 1. The first kappa shape index (κ1) is 19.0. The van der Waals surface area contributed by atoms with Crippen LogP contribution in [-0.4, -0.2) is 36.4 Å². The molecule has 1 aromatic heterocycles. The van der Waals surface area contributed by atoms with E-state index in [1.54, 1.807) is 13.8 Å². The van der Waals surface area contributed by atoms with Crippen LogP contribution in [0.1, 0.15) is 39.7 Å². The Bertz CT molecular complexity index is 873. The lowest BCUT2D eigenvalue weighted by Crippen LogP contribution is -2.30. The largest absolute Gasteiger partial charge is 0.476 e. The number of carbonyl (C=O) groups is 2. The Morgan fingerprint density at radius 1 is 1.24 bits per heavy atom. The first-order chi connectivity index (χ1) is 11.7. The van der Waals surface area contributed by atoms with Gasteiger partial charge < -0.3 is 10.4 Å². The highest BCUT2D eigenvalue weighted by Gasteiger charge is 2.16. The van der Waals surface area contributed by atoms with Crippen LogP contribution < -0.4 is 10.0 Å². The van der Waals surface area contributed by atoms with Gasteiger partial charge in [-0.15, -0.1) is 11.3 Å². The highest BCUT2D eigenvalue weighted by Crippen LogP contribution is 2.12. The van der Waals surface area contributed by atoms with Gasteiger partial charge in [0.15, 0.2) is 5.69 Å². The maximum absolute atomic E-state index is 12.1. The minimum Gasteiger partial charge on any atom is -0.476 e. The second kappa shape index (κ2) is 7.72. The van der Waals surface area contributed by atoms with Crippen LogP contribution in [0.5, 0.6) is 0 Å². The number of rotatable bonds is 7. The highest BCUT2D eigenvalue weighted by atomic mass is 32.2. The molecule has 2 aromatic rings. The number of hydrogen-bond acceptors (Lipinski definition) is 6. The van der Waals surface area contributed by atoms with Gasteiger partial charge in [-0.05, 0) is 38.1 Å². The highest BCUT2D eigenvalue weighted by molar-refractivity contribution is 7.89. The quantitative estimate of drug-likeness (QED) is 0.665. The Hall–Kier alpha value is -2.30. The summed E-state index contributed by atoms with van der Waals surface area (Å²) in [5.41, 5.74) is 0.222. The van der Waals surface area contributed by atoms with E-state index in [0.29, 0.717) is 10.6 Å². The number of benzene rings is 1. The number of carboxylic acid groups (broad SMARTS) is 1. The zero-order chi connectivity index (χ0) is 18.6. The Morgan fingerprint density at radius 3 is 2.40 bits per heavy atom. The maximum atomic E-state index is 12.1. The average Bonchev–Trinajstić information content (AvgIpc) is 3.01. The molecule has 0 bridgehead atoms. The van der Waals surface area contributed by atoms with Gasteiger partial charge in [0.1, 0.15) is 5.01 Å². The molecular formula is C15H17N3O5S2. The zero-order valence-electron chi connectivity index (χ0n) is 13.5. The van der Waals surface area contributed by atoms with Crippen molar-refractivity contribution >= 4 is 33.2 Å². The van der Waals surface area contributed by atoms with E-state index in [9.17, 15) is 18.0 Å². The lowest BCUT2D eigenvalue weighted by molar-refractivity contribution is 0.0691. The maximum Gasteiger partial charge on any atom is 0.355 e. The van der Waals surface area contributed by atoms with E-state index in [2.05, 4.69) is 15.0 Å². The van der Waals surface area contributed by atoms with E-state index in [1.807, 2.05) is 0 Å². The summed E-state index contributed by atoms with van der Waals surface area (Å²) in [6.07, 6.45) is 0. The molecule has 3 N–H and O–H groups in total. The molecule has 1 heterocycles. The van der Waals surface area contributed by atoms with Crippen LogP contribution in [0.2, 0.25) is 0 Å². The lowest BCUT2D eigenvalue weighted by atomic mass is 10.2. The summed E-state index contributed by atoms with van der Waals surface area (Å²) >= 11 is 1.13. The topological polar surface area (TPSA) is 125 Å². The summed E-state index contributed by atoms with van der Waals surface area (Å²) in [7, 11) is -3.61. The number of nitrogens with zero attached hydrogens (tertiary/aromatic N) is 1. The molecular weight excluding hydrogens is 366 g/mol. The first-order valence-corrected chi connectivity index (χ1v) is 9.63. The van der Waals surface area contributed by atoms with Crippen LogP contribution >= 0.6 is 11.3 Å². The van der Waals surface area contributed by atoms with Crippen LogP contribution in [0, 0.1) is 0 Å². The molecule has 0 fully saturated rings. The summed E-state index contributed by atoms with van der Waals surface area (Å²) in [6, 6.07) is 5.29. The van der Waals surface area contributed by atoms with Crippen LogP contribution in [-0.2, 0) is 16.6 Å². The van der Waals surface area contributed by atoms with Crippen LogP contribution in [0.4, 0.5) is 0 Å². The van der Waals surface area contributed by atoms with Gasteiger partial charge in [-0.25, -0.2) is 22.9 Å². The van der Waals surface area contributed by atoms with E-state index in [1.165, 1.54) is 29.6 Å². The van der Waals surface area contributed by atoms with Crippen molar-refractivity contribution < 1.29 is 23.1 Å². The van der Waals surface area contributed by atoms with Crippen LogP contribution in [0.3, 0.4) is 0 Å². The molecule has 1 aromatic carbocycles. The number of sulfonamides is 1. The molecule has 0 aliphatic carbocycles. The van der Waals surface area contributed by atoms with Gasteiger partial charge in [0.05, 0.1) is 11.4 Å². The molecule has 0 spiro atoms. The number of carboxylic acids is 1. The summed E-state index contributed by atoms with van der Waals surface area (Å²) < 4.78 is 26.5. The standard InChI is InChI=1S/C15H17N3O5S2/c1-9(2)18-25(22,23)11-5-3-10(4-6-11)14(19)16-7-13-17-12(8-24-13)15(20)21/h3-6,8-9,18H,7H2,1-2H3,(H,16,19)(H,20,21). The molecule has 134 valence electrons. The average molecular weight is 383 g/mol. The van der Waals surface area contributed by atoms with Crippen molar-refractivity contribution in [1.82, 2.24) is 15.0 Å². The first-order valence-electron chi connectivity index (χ1n) is 7.27. The minimum absolute atomic E-state index is 0.0681. The van der Waals surface area contributed by atoms with Crippen LogP contribution in [0.25, 0.3) is 0 Å². The Morgan fingerprint density at radius 2 is 1.88 bits per heavy atom. The van der Waals surface area contributed by atoms with Gasteiger partial charge in [-0.2, -0.15) is 0 Å². The van der Waals surface area contributed by atoms with Crippen molar-refractivity contribution in [2.75, 3.05) is 0 Å². The van der Waals surface area contributed by atoms with Gasteiger partial charge >= 0.3 is 5.97 Å². The number of amides is 1. The summed E-state index contributed by atoms with van der Waals surface area (Å²) in [5.74, 6) is -1.53. The number of hydrogen-bond donors (Lipinski definition) is 3.